The first-order chi connectivity index (χ1) is 8.82. The molecule has 1 atom stereocenters. The minimum Gasteiger partial charge on any atom is -0.398 e. The summed E-state index contributed by atoms with van der Waals surface area (Å²) < 4.78 is 23.0. The van der Waals surface area contributed by atoms with Crippen molar-refractivity contribution in [1.29, 1.82) is 0 Å². The van der Waals surface area contributed by atoms with Crippen LogP contribution in [0.1, 0.15) is 17.3 Å². The van der Waals surface area contributed by atoms with Crippen molar-refractivity contribution < 1.29 is 13.2 Å². The van der Waals surface area contributed by atoms with E-state index in [1.54, 1.807) is 25.1 Å². The van der Waals surface area contributed by atoms with Crippen molar-refractivity contribution in [2.24, 2.45) is 0 Å². The summed E-state index contributed by atoms with van der Waals surface area (Å²) in [4.78, 5) is 13.9. The molecule has 104 valence electrons. The summed E-state index contributed by atoms with van der Waals surface area (Å²) in [5, 5.41) is 0.283. The van der Waals surface area contributed by atoms with E-state index in [1.165, 1.54) is 4.90 Å². The Kier molecular flexibility index (Phi) is 3.73. The maximum absolute atomic E-state index is 12.4. The third kappa shape index (κ3) is 2.84. The lowest BCUT2D eigenvalue weighted by molar-refractivity contribution is 0.0714. The van der Waals surface area contributed by atoms with E-state index in [-0.39, 0.29) is 40.6 Å². The summed E-state index contributed by atoms with van der Waals surface area (Å²) >= 11 is 6.00. The van der Waals surface area contributed by atoms with Gasteiger partial charge in [-0.3, -0.25) is 4.79 Å². The quantitative estimate of drug-likeness (QED) is 0.790. The van der Waals surface area contributed by atoms with Gasteiger partial charge in [0.2, 0.25) is 0 Å². The largest absolute Gasteiger partial charge is 0.398 e. The number of hydrogen-bond donors (Lipinski definition) is 1. The molecule has 1 aromatic carbocycles. The molecule has 0 spiro atoms. The number of sulfone groups is 1. The Morgan fingerprint density at radius 1 is 1.47 bits per heavy atom. The van der Waals surface area contributed by atoms with Crippen LogP contribution in [0.25, 0.3) is 0 Å². The number of benzene rings is 1. The minimum absolute atomic E-state index is 0.0204. The van der Waals surface area contributed by atoms with E-state index < -0.39 is 9.84 Å². The molecule has 1 aliphatic rings. The number of carbonyl (C=O) groups excluding carboxylic acids is 1. The van der Waals surface area contributed by atoms with Crippen LogP contribution in [0, 0.1) is 0 Å². The Bertz CT molecular complexity index is 595. The zero-order valence-corrected chi connectivity index (χ0v) is 12.0. The molecule has 5 nitrogen and oxygen atoms in total. The number of halogens is 1. The molecule has 1 unspecified atom stereocenters. The van der Waals surface area contributed by atoms with Gasteiger partial charge < -0.3 is 10.6 Å². The van der Waals surface area contributed by atoms with Gasteiger partial charge in [-0.15, -0.1) is 0 Å². The second kappa shape index (κ2) is 5.02. The van der Waals surface area contributed by atoms with Crippen LogP contribution in [0.2, 0.25) is 5.02 Å². The highest BCUT2D eigenvalue weighted by Crippen LogP contribution is 2.25. The van der Waals surface area contributed by atoms with Gasteiger partial charge in [0, 0.05) is 18.3 Å². The Morgan fingerprint density at radius 2 is 2.16 bits per heavy atom. The minimum atomic E-state index is -3.06. The monoisotopic (exact) mass is 302 g/mol. The van der Waals surface area contributed by atoms with Gasteiger partial charge in [-0.1, -0.05) is 17.7 Å². The van der Waals surface area contributed by atoms with Gasteiger partial charge in [-0.25, -0.2) is 8.42 Å². The fraction of sp³-hybridized carbons (Fsp3) is 0.417. The molecule has 1 aliphatic heterocycles. The van der Waals surface area contributed by atoms with E-state index >= 15 is 0 Å². The first-order valence-corrected chi connectivity index (χ1v) is 8.07. The predicted molar refractivity (Wildman–Crippen MR) is 75.0 cm³/mol. The van der Waals surface area contributed by atoms with Crippen molar-refractivity contribution in [2.75, 3.05) is 23.8 Å². The van der Waals surface area contributed by atoms with Crippen molar-refractivity contribution in [2.45, 2.75) is 13.0 Å². The summed E-state index contributed by atoms with van der Waals surface area (Å²) in [6.45, 7) is 1.88. The lowest BCUT2D eigenvalue weighted by Crippen LogP contribution is -2.49. The number of anilines is 1. The van der Waals surface area contributed by atoms with Gasteiger partial charge in [-0.2, -0.15) is 0 Å². The smallest absolute Gasteiger partial charge is 0.257 e. The standard InChI is InChI=1S/C12H15ClN2O3S/c1-8-7-19(17,18)6-5-15(8)12(16)11-9(13)3-2-4-10(11)14/h2-4,8H,5-7,14H2,1H3. The summed E-state index contributed by atoms with van der Waals surface area (Å²) in [6.07, 6.45) is 0. The normalized spacial score (nSPS) is 22.2. The predicted octanol–water partition coefficient (Wildman–Crippen LogP) is 1.18. The Labute approximate surface area is 117 Å². The fourth-order valence-electron chi connectivity index (χ4n) is 2.21. The zero-order chi connectivity index (χ0) is 14.2. The van der Waals surface area contributed by atoms with Gasteiger partial charge >= 0.3 is 0 Å². The van der Waals surface area contributed by atoms with Crippen LogP contribution in [-0.4, -0.2) is 43.3 Å². The molecule has 0 aliphatic carbocycles. The summed E-state index contributed by atoms with van der Waals surface area (Å²) in [5.41, 5.74) is 6.33. The lowest BCUT2D eigenvalue weighted by Gasteiger charge is -2.33. The van der Waals surface area contributed by atoms with E-state index in [0.29, 0.717) is 5.69 Å². The topological polar surface area (TPSA) is 80.5 Å². The number of nitrogen functional groups attached to an aromatic ring is 1. The number of carbonyl (C=O) groups is 1. The van der Waals surface area contributed by atoms with Crippen molar-refractivity contribution in [3.8, 4) is 0 Å². The number of nitrogens with zero attached hydrogens (tertiary/aromatic N) is 1. The van der Waals surface area contributed by atoms with E-state index in [9.17, 15) is 13.2 Å². The van der Waals surface area contributed by atoms with E-state index in [4.69, 9.17) is 17.3 Å². The molecule has 0 bridgehead atoms. The average Bonchev–Trinajstić information content (AvgIpc) is 2.27. The maximum Gasteiger partial charge on any atom is 0.257 e. The molecule has 19 heavy (non-hydrogen) atoms. The van der Waals surface area contributed by atoms with Crippen molar-refractivity contribution in [3.05, 3.63) is 28.8 Å². The van der Waals surface area contributed by atoms with E-state index in [0.717, 1.165) is 0 Å². The number of rotatable bonds is 1. The first-order valence-electron chi connectivity index (χ1n) is 5.87. The number of nitrogens with two attached hydrogens (primary N) is 1. The molecule has 1 fully saturated rings. The molecule has 1 saturated heterocycles. The molecule has 2 N–H and O–H groups in total. The van der Waals surface area contributed by atoms with Gasteiger partial charge in [0.1, 0.15) is 0 Å². The SMILES string of the molecule is CC1CS(=O)(=O)CCN1C(=O)c1c(N)cccc1Cl. The van der Waals surface area contributed by atoms with Crippen molar-refractivity contribution >= 4 is 33.0 Å². The molecular weight excluding hydrogens is 288 g/mol. The van der Waals surface area contributed by atoms with Gasteiger partial charge in [-0.05, 0) is 19.1 Å². The van der Waals surface area contributed by atoms with Crippen LogP contribution in [0.15, 0.2) is 18.2 Å². The first kappa shape index (κ1) is 14.1. The molecule has 2 rings (SSSR count). The van der Waals surface area contributed by atoms with Crippen molar-refractivity contribution in [3.63, 3.8) is 0 Å². The molecule has 1 amide bonds. The van der Waals surface area contributed by atoms with Gasteiger partial charge in [0.05, 0.1) is 22.1 Å². The molecule has 0 aromatic heterocycles. The Morgan fingerprint density at radius 3 is 2.74 bits per heavy atom. The lowest BCUT2D eigenvalue weighted by atomic mass is 10.1. The summed E-state index contributed by atoms with van der Waals surface area (Å²) in [7, 11) is -3.06. The van der Waals surface area contributed by atoms with Crippen molar-refractivity contribution in [1.82, 2.24) is 4.90 Å². The van der Waals surface area contributed by atoms with Crippen LogP contribution in [-0.2, 0) is 9.84 Å². The number of hydrogen-bond acceptors (Lipinski definition) is 4. The van der Waals surface area contributed by atoms with Gasteiger partial charge in [0.25, 0.3) is 5.91 Å². The molecule has 0 radical (unpaired) electrons. The summed E-state index contributed by atoms with van der Waals surface area (Å²) in [6, 6.07) is 4.49. The zero-order valence-electron chi connectivity index (χ0n) is 10.5. The molecule has 7 heteroatoms. The Hall–Kier alpha value is -1.27. The highest BCUT2D eigenvalue weighted by molar-refractivity contribution is 7.91. The Balaban J connectivity index is 2.31. The van der Waals surface area contributed by atoms with Crippen LogP contribution in [0.3, 0.4) is 0 Å². The van der Waals surface area contributed by atoms with Crippen LogP contribution < -0.4 is 5.73 Å². The average molecular weight is 303 g/mol. The molecule has 1 heterocycles. The molecule has 1 aromatic rings. The van der Waals surface area contributed by atoms with Crippen LogP contribution >= 0.6 is 11.6 Å². The third-order valence-corrected chi connectivity index (χ3v) is 5.30. The second-order valence-electron chi connectivity index (χ2n) is 4.67. The highest BCUT2D eigenvalue weighted by atomic mass is 35.5. The maximum atomic E-state index is 12.4. The van der Waals surface area contributed by atoms with E-state index in [1.807, 2.05) is 0 Å². The highest BCUT2D eigenvalue weighted by Gasteiger charge is 2.33. The van der Waals surface area contributed by atoms with Gasteiger partial charge in [0.15, 0.2) is 9.84 Å². The molecule has 0 saturated carbocycles. The van der Waals surface area contributed by atoms with Crippen LogP contribution in [0.4, 0.5) is 5.69 Å². The second-order valence-corrected chi connectivity index (χ2v) is 7.30. The fourth-order valence-corrected chi connectivity index (χ4v) is 4.03. The summed E-state index contributed by atoms with van der Waals surface area (Å²) in [5.74, 6) is -0.359. The number of amides is 1. The molecular formula is C12H15ClN2O3S. The van der Waals surface area contributed by atoms with E-state index in [2.05, 4.69) is 0 Å². The van der Waals surface area contributed by atoms with Crippen LogP contribution in [0.5, 0.6) is 0 Å². The third-order valence-electron chi connectivity index (χ3n) is 3.19.